The highest BCUT2D eigenvalue weighted by Gasteiger charge is 2.46. The fourth-order valence-electron chi connectivity index (χ4n) is 3.16. The van der Waals surface area contributed by atoms with Gasteiger partial charge in [-0.2, -0.15) is 0 Å². The number of esters is 2. The molecule has 0 unspecified atom stereocenters. The van der Waals surface area contributed by atoms with Gasteiger partial charge in [0.2, 0.25) is 0 Å². The Morgan fingerprint density at radius 2 is 2.00 bits per heavy atom. The Labute approximate surface area is 127 Å². The third kappa shape index (κ3) is 1.93. The molecule has 5 nitrogen and oxygen atoms in total. The van der Waals surface area contributed by atoms with Gasteiger partial charge in [-0.1, -0.05) is 24.3 Å². The van der Waals surface area contributed by atoms with Gasteiger partial charge in [0.25, 0.3) is 6.29 Å². The Balaban J connectivity index is 1.55. The van der Waals surface area contributed by atoms with E-state index >= 15 is 0 Å². The summed E-state index contributed by atoms with van der Waals surface area (Å²) in [4.78, 5) is 23.3. The van der Waals surface area contributed by atoms with Crippen molar-refractivity contribution in [2.75, 3.05) is 0 Å². The zero-order valence-electron chi connectivity index (χ0n) is 11.9. The fraction of sp³-hybridized carbons (Fsp3) is 0.294. The summed E-state index contributed by atoms with van der Waals surface area (Å²) < 4.78 is 15.9. The molecule has 2 heterocycles. The van der Waals surface area contributed by atoms with Gasteiger partial charge in [-0.15, -0.1) is 0 Å². The van der Waals surface area contributed by atoms with Crippen molar-refractivity contribution in [3.63, 3.8) is 0 Å². The van der Waals surface area contributed by atoms with Crippen LogP contribution in [0.5, 0.6) is 0 Å². The summed E-state index contributed by atoms with van der Waals surface area (Å²) >= 11 is 0. The first-order valence-corrected chi connectivity index (χ1v) is 7.17. The van der Waals surface area contributed by atoms with E-state index in [1.54, 1.807) is 13.0 Å². The van der Waals surface area contributed by atoms with Crippen LogP contribution in [0.2, 0.25) is 0 Å². The third-order valence-electron chi connectivity index (χ3n) is 4.30. The molecule has 1 fully saturated rings. The average Bonchev–Trinajstić information content (AvgIpc) is 3.10. The van der Waals surface area contributed by atoms with Crippen LogP contribution >= 0.6 is 0 Å². The molecule has 0 saturated carbocycles. The highest BCUT2D eigenvalue weighted by atomic mass is 16.7. The lowest BCUT2D eigenvalue weighted by molar-refractivity contribution is -0.152. The lowest BCUT2D eigenvalue weighted by Gasteiger charge is -2.09. The standard InChI is InChI=1S/C17H14O5/c1-9-6-14(21-16(9)18)20-8-13-12-7-10-4-2-3-5-11(10)15(12)22-17(13)19/h2-6,8,12,14-15H,7H2,1H3/b13-8-/t12-,14+,15-/m1/s1. The van der Waals surface area contributed by atoms with Crippen LogP contribution in [0.3, 0.4) is 0 Å². The highest BCUT2D eigenvalue weighted by molar-refractivity contribution is 5.92. The molecule has 3 atom stereocenters. The molecule has 0 radical (unpaired) electrons. The van der Waals surface area contributed by atoms with Crippen molar-refractivity contribution in [3.05, 3.63) is 58.9 Å². The van der Waals surface area contributed by atoms with Gasteiger partial charge in [0.1, 0.15) is 6.10 Å². The maximum atomic E-state index is 12.0. The Bertz CT molecular complexity index is 730. The molecule has 0 amide bonds. The molecule has 0 aromatic heterocycles. The summed E-state index contributed by atoms with van der Waals surface area (Å²) in [6, 6.07) is 7.96. The van der Waals surface area contributed by atoms with Crippen molar-refractivity contribution in [2.45, 2.75) is 25.7 Å². The van der Waals surface area contributed by atoms with Crippen molar-refractivity contribution >= 4 is 11.9 Å². The first-order valence-electron chi connectivity index (χ1n) is 7.17. The number of carbonyl (C=O) groups is 2. The van der Waals surface area contributed by atoms with E-state index in [0.717, 1.165) is 12.0 Å². The number of fused-ring (bicyclic) bond motifs is 3. The minimum absolute atomic E-state index is 0.0351. The Morgan fingerprint density at radius 1 is 1.18 bits per heavy atom. The molecule has 0 spiro atoms. The topological polar surface area (TPSA) is 61.8 Å². The summed E-state index contributed by atoms with van der Waals surface area (Å²) in [5, 5.41) is 0. The largest absolute Gasteiger partial charge is 0.458 e. The lowest BCUT2D eigenvalue weighted by Crippen LogP contribution is -2.11. The quantitative estimate of drug-likeness (QED) is 0.476. The summed E-state index contributed by atoms with van der Waals surface area (Å²) in [5.41, 5.74) is 3.25. The van der Waals surface area contributed by atoms with E-state index < -0.39 is 12.3 Å². The molecule has 1 saturated heterocycles. The second-order valence-electron chi connectivity index (χ2n) is 5.67. The SMILES string of the molecule is CC1=C[C@@H](O/C=C2\C(=O)O[C@@H]3c4ccccc4C[C@H]23)OC1=O. The van der Waals surface area contributed by atoms with Crippen LogP contribution in [0.25, 0.3) is 0 Å². The number of hydrogen-bond acceptors (Lipinski definition) is 5. The Hall–Kier alpha value is -2.56. The van der Waals surface area contributed by atoms with Crippen LogP contribution in [0.1, 0.15) is 24.2 Å². The van der Waals surface area contributed by atoms with Crippen molar-refractivity contribution < 1.29 is 23.8 Å². The highest BCUT2D eigenvalue weighted by Crippen LogP contribution is 2.47. The molecule has 112 valence electrons. The minimum Gasteiger partial charge on any atom is -0.458 e. The number of ether oxygens (including phenoxy) is 3. The van der Waals surface area contributed by atoms with Crippen LogP contribution in [-0.2, 0) is 30.2 Å². The number of carbonyl (C=O) groups excluding carboxylic acids is 2. The van der Waals surface area contributed by atoms with Crippen molar-refractivity contribution in [3.8, 4) is 0 Å². The van der Waals surface area contributed by atoms with Gasteiger partial charge in [-0.3, -0.25) is 0 Å². The molecule has 1 aliphatic carbocycles. The summed E-state index contributed by atoms with van der Waals surface area (Å²) in [6.45, 7) is 1.66. The molecule has 3 aliphatic rings. The molecule has 1 aromatic carbocycles. The lowest BCUT2D eigenvalue weighted by atomic mass is 9.98. The van der Waals surface area contributed by atoms with Crippen LogP contribution in [-0.4, -0.2) is 18.2 Å². The van der Waals surface area contributed by atoms with Crippen LogP contribution in [0.4, 0.5) is 0 Å². The molecule has 1 aromatic rings. The number of cyclic esters (lactones) is 1. The van der Waals surface area contributed by atoms with Crippen molar-refractivity contribution in [2.24, 2.45) is 5.92 Å². The number of hydrogen-bond donors (Lipinski definition) is 0. The molecule has 2 aliphatic heterocycles. The van der Waals surface area contributed by atoms with E-state index in [1.807, 2.05) is 24.3 Å². The van der Waals surface area contributed by atoms with Gasteiger partial charge < -0.3 is 14.2 Å². The van der Waals surface area contributed by atoms with Crippen LogP contribution < -0.4 is 0 Å². The molecule has 22 heavy (non-hydrogen) atoms. The van der Waals surface area contributed by atoms with E-state index in [2.05, 4.69) is 0 Å². The van der Waals surface area contributed by atoms with Crippen LogP contribution in [0, 0.1) is 5.92 Å². The van der Waals surface area contributed by atoms with Crippen LogP contribution in [0.15, 0.2) is 47.7 Å². The maximum Gasteiger partial charge on any atom is 0.338 e. The second-order valence-corrected chi connectivity index (χ2v) is 5.67. The van der Waals surface area contributed by atoms with Gasteiger partial charge in [-0.25, -0.2) is 9.59 Å². The molecule has 0 bridgehead atoms. The third-order valence-corrected chi connectivity index (χ3v) is 4.30. The second kappa shape index (κ2) is 4.73. The summed E-state index contributed by atoms with van der Waals surface area (Å²) in [5.74, 6) is -0.801. The first-order chi connectivity index (χ1) is 10.6. The number of benzene rings is 1. The van der Waals surface area contributed by atoms with Crippen molar-refractivity contribution in [1.29, 1.82) is 0 Å². The minimum atomic E-state index is -0.768. The molecular weight excluding hydrogens is 284 g/mol. The van der Waals surface area contributed by atoms with Gasteiger partial charge in [0.15, 0.2) is 0 Å². The van der Waals surface area contributed by atoms with E-state index in [-0.39, 0.29) is 18.0 Å². The smallest absolute Gasteiger partial charge is 0.338 e. The first kappa shape index (κ1) is 13.1. The molecule has 5 heteroatoms. The monoisotopic (exact) mass is 298 g/mol. The Kier molecular flexibility index (Phi) is 2.82. The van der Waals surface area contributed by atoms with Gasteiger partial charge >= 0.3 is 11.9 Å². The fourth-order valence-corrected chi connectivity index (χ4v) is 3.16. The number of rotatable bonds is 2. The van der Waals surface area contributed by atoms with Gasteiger partial charge in [0.05, 0.1) is 11.8 Å². The summed E-state index contributed by atoms with van der Waals surface area (Å²) in [7, 11) is 0. The van der Waals surface area contributed by atoms with E-state index in [4.69, 9.17) is 14.2 Å². The molecule has 4 rings (SSSR count). The van der Waals surface area contributed by atoms with E-state index in [1.165, 1.54) is 11.8 Å². The summed E-state index contributed by atoms with van der Waals surface area (Å²) in [6.07, 6.45) is 2.71. The predicted molar refractivity (Wildman–Crippen MR) is 75.3 cm³/mol. The van der Waals surface area contributed by atoms with Crippen molar-refractivity contribution in [1.82, 2.24) is 0 Å². The van der Waals surface area contributed by atoms with Gasteiger partial charge in [0, 0.05) is 17.6 Å². The maximum absolute atomic E-state index is 12.0. The molecular formula is C17H14O5. The normalized spacial score (nSPS) is 30.7. The molecule has 0 N–H and O–H groups in total. The van der Waals surface area contributed by atoms with E-state index in [9.17, 15) is 9.59 Å². The zero-order chi connectivity index (χ0) is 15.3. The Morgan fingerprint density at radius 3 is 2.77 bits per heavy atom. The zero-order valence-corrected chi connectivity index (χ0v) is 11.9. The van der Waals surface area contributed by atoms with E-state index in [0.29, 0.717) is 11.1 Å². The predicted octanol–water partition coefficient (Wildman–Crippen LogP) is 2.19. The average molecular weight is 298 g/mol. The van der Waals surface area contributed by atoms with Gasteiger partial charge in [-0.05, 0) is 24.5 Å².